The van der Waals surface area contributed by atoms with Crippen molar-refractivity contribution in [1.29, 1.82) is 0 Å². The summed E-state index contributed by atoms with van der Waals surface area (Å²) in [4.78, 5) is 17.3. The first-order valence-corrected chi connectivity index (χ1v) is 8.48. The fourth-order valence-corrected chi connectivity index (χ4v) is 4.12. The molecule has 2 N–H and O–H groups in total. The molecule has 1 saturated heterocycles. The third kappa shape index (κ3) is 3.08. The number of likely N-dealkylation sites (tertiary alicyclic amines) is 1. The van der Waals surface area contributed by atoms with Gasteiger partial charge < -0.3 is 5.32 Å². The van der Waals surface area contributed by atoms with E-state index in [-0.39, 0.29) is 5.91 Å². The van der Waals surface area contributed by atoms with Crippen LogP contribution in [0.4, 0.5) is 5.69 Å². The normalized spacial score (nSPS) is 18.8. The Labute approximate surface area is 134 Å². The summed E-state index contributed by atoms with van der Waals surface area (Å²) in [7, 11) is 0. The van der Waals surface area contributed by atoms with E-state index in [4.69, 9.17) is 0 Å². The molecule has 3 rings (SSSR count). The lowest BCUT2D eigenvalue weighted by Crippen LogP contribution is -2.32. The van der Waals surface area contributed by atoms with Gasteiger partial charge in [0.2, 0.25) is 5.91 Å². The molecule has 6 heteroatoms. The number of nitrogens with one attached hydrogen (secondary N) is 2. The van der Waals surface area contributed by atoms with Crippen molar-refractivity contribution in [2.45, 2.75) is 39.7 Å². The van der Waals surface area contributed by atoms with Crippen LogP contribution in [0, 0.1) is 20.8 Å². The van der Waals surface area contributed by atoms with E-state index < -0.39 is 0 Å². The van der Waals surface area contributed by atoms with Crippen molar-refractivity contribution in [3.05, 3.63) is 33.3 Å². The number of amides is 1. The lowest BCUT2D eigenvalue weighted by atomic mass is 10.2. The maximum absolute atomic E-state index is 12.4. The Balaban J connectivity index is 1.65. The standard InChI is InChI=1S/C16H22N4OS/c1-10-6-7-14(22-10)13-5-4-8-20(13)9-15(21)17-16-11(2)18-19-12(16)3/h6-7,13H,4-5,8-9H2,1-3H3,(H,17,21)(H,18,19)/t13-/m1/s1. The highest BCUT2D eigenvalue weighted by atomic mass is 32.1. The van der Waals surface area contributed by atoms with Crippen LogP contribution in [-0.4, -0.2) is 34.1 Å². The van der Waals surface area contributed by atoms with Crippen molar-refractivity contribution in [2.24, 2.45) is 0 Å². The van der Waals surface area contributed by atoms with Crippen LogP contribution in [0.3, 0.4) is 0 Å². The third-order valence-corrected chi connectivity index (χ3v) is 5.29. The van der Waals surface area contributed by atoms with E-state index in [1.807, 2.05) is 25.2 Å². The summed E-state index contributed by atoms with van der Waals surface area (Å²) in [6, 6.07) is 4.75. The predicted octanol–water partition coefficient (Wildman–Crippen LogP) is 3.17. The van der Waals surface area contributed by atoms with Gasteiger partial charge in [-0.1, -0.05) is 0 Å². The fraction of sp³-hybridized carbons (Fsp3) is 0.500. The number of hydrogen-bond acceptors (Lipinski definition) is 4. The van der Waals surface area contributed by atoms with E-state index in [9.17, 15) is 4.79 Å². The lowest BCUT2D eigenvalue weighted by Gasteiger charge is -2.23. The van der Waals surface area contributed by atoms with Gasteiger partial charge in [-0.05, 0) is 52.3 Å². The van der Waals surface area contributed by atoms with Crippen LogP contribution in [0.25, 0.3) is 0 Å². The number of H-pyrrole nitrogens is 1. The number of aromatic nitrogens is 2. The molecule has 0 aliphatic carbocycles. The van der Waals surface area contributed by atoms with Crippen LogP contribution in [0.5, 0.6) is 0 Å². The summed E-state index contributed by atoms with van der Waals surface area (Å²) in [6.07, 6.45) is 2.29. The van der Waals surface area contributed by atoms with Gasteiger partial charge in [0.15, 0.2) is 0 Å². The first kappa shape index (κ1) is 15.2. The van der Waals surface area contributed by atoms with E-state index in [1.54, 1.807) is 0 Å². The maximum Gasteiger partial charge on any atom is 0.238 e. The summed E-state index contributed by atoms with van der Waals surface area (Å²) in [5, 5.41) is 10.0. The quantitative estimate of drug-likeness (QED) is 0.910. The Morgan fingerprint density at radius 2 is 2.27 bits per heavy atom. The molecular formula is C16H22N4OS. The number of anilines is 1. The Kier molecular flexibility index (Phi) is 4.31. The van der Waals surface area contributed by atoms with Gasteiger partial charge in [0.25, 0.3) is 0 Å². The first-order valence-electron chi connectivity index (χ1n) is 7.66. The Morgan fingerprint density at radius 3 is 2.91 bits per heavy atom. The number of aryl methyl sites for hydroxylation is 3. The molecule has 0 unspecified atom stereocenters. The largest absolute Gasteiger partial charge is 0.322 e. The number of hydrogen-bond donors (Lipinski definition) is 2. The number of carbonyl (C=O) groups excluding carboxylic acids is 1. The van der Waals surface area contributed by atoms with Gasteiger partial charge in [-0.3, -0.25) is 14.8 Å². The zero-order chi connectivity index (χ0) is 15.7. The minimum atomic E-state index is 0.0350. The van der Waals surface area contributed by atoms with Crippen LogP contribution >= 0.6 is 11.3 Å². The van der Waals surface area contributed by atoms with E-state index in [0.717, 1.165) is 36.5 Å². The van der Waals surface area contributed by atoms with Crippen LogP contribution < -0.4 is 5.32 Å². The average molecular weight is 318 g/mol. The Morgan fingerprint density at radius 1 is 1.45 bits per heavy atom. The molecule has 22 heavy (non-hydrogen) atoms. The number of nitrogens with zero attached hydrogens (tertiary/aromatic N) is 2. The Bertz CT molecular complexity index is 656. The molecule has 1 fully saturated rings. The molecule has 2 aromatic heterocycles. The average Bonchev–Trinajstić information content (AvgIpc) is 3.16. The van der Waals surface area contributed by atoms with E-state index >= 15 is 0 Å². The summed E-state index contributed by atoms with van der Waals surface area (Å²) in [5.41, 5.74) is 2.54. The highest BCUT2D eigenvalue weighted by molar-refractivity contribution is 7.12. The van der Waals surface area contributed by atoms with Gasteiger partial charge in [-0.25, -0.2) is 0 Å². The van der Waals surface area contributed by atoms with Crippen molar-refractivity contribution in [3.63, 3.8) is 0 Å². The third-order valence-electron chi connectivity index (χ3n) is 4.19. The monoisotopic (exact) mass is 318 g/mol. The van der Waals surface area contributed by atoms with Gasteiger partial charge in [-0.15, -0.1) is 11.3 Å². The summed E-state index contributed by atoms with van der Waals surface area (Å²) < 4.78 is 0. The maximum atomic E-state index is 12.4. The molecular weight excluding hydrogens is 296 g/mol. The molecule has 0 aromatic carbocycles. The smallest absolute Gasteiger partial charge is 0.238 e. The second-order valence-corrected chi connectivity index (χ2v) is 7.25. The number of thiophene rings is 1. The number of carbonyl (C=O) groups is 1. The minimum absolute atomic E-state index is 0.0350. The molecule has 1 aliphatic rings. The lowest BCUT2D eigenvalue weighted by molar-refractivity contribution is -0.117. The van der Waals surface area contributed by atoms with Gasteiger partial charge in [0, 0.05) is 15.8 Å². The number of rotatable bonds is 4. The molecule has 1 aliphatic heterocycles. The molecule has 0 bridgehead atoms. The van der Waals surface area contributed by atoms with Crippen molar-refractivity contribution in [3.8, 4) is 0 Å². The Hall–Kier alpha value is -1.66. The second-order valence-electron chi connectivity index (χ2n) is 5.93. The molecule has 3 heterocycles. The molecule has 0 radical (unpaired) electrons. The van der Waals surface area contributed by atoms with E-state index in [1.165, 1.54) is 9.75 Å². The van der Waals surface area contributed by atoms with Crippen LogP contribution in [-0.2, 0) is 4.79 Å². The summed E-state index contributed by atoms with van der Waals surface area (Å²) in [5.74, 6) is 0.0350. The van der Waals surface area contributed by atoms with Crippen molar-refractivity contribution in [2.75, 3.05) is 18.4 Å². The zero-order valence-corrected chi connectivity index (χ0v) is 14.1. The highest BCUT2D eigenvalue weighted by Gasteiger charge is 2.28. The molecule has 5 nitrogen and oxygen atoms in total. The first-order chi connectivity index (χ1) is 10.5. The van der Waals surface area contributed by atoms with Gasteiger partial charge >= 0.3 is 0 Å². The van der Waals surface area contributed by atoms with Crippen LogP contribution in [0.2, 0.25) is 0 Å². The van der Waals surface area contributed by atoms with Crippen molar-refractivity contribution >= 4 is 22.9 Å². The number of aromatic amines is 1. The summed E-state index contributed by atoms with van der Waals surface area (Å²) in [6.45, 7) is 7.36. The van der Waals surface area contributed by atoms with Crippen LogP contribution in [0.15, 0.2) is 12.1 Å². The summed E-state index contributed by atoms with van der Waals surface area (Å²) >= 11 is 1.84. The SMILES string of the molecule is Cc1ccc([C@H]2CCCN2CC(=O)Nc2c(C)n[nH]c2C)s1. The molecule has 118 valence electrons. The highest BCUT2D eigenvalue weighted by Crippen LogP contribution is 2.35. The molecule has 2 aromatic rings. The van der Waals surface area contributed by atoms with Gasteiger partial charge in [-0.2, -0.15) is 5.10 Å². The second kappa shape index (κ2) is 6.22. The fourth-order valence-electron chi connectivity index (χ4n) is 3.07. The van der Waals surface area contributed by atoms with Gasteiger partial charge in [0.05, 0.1) is 23.6 Å². The van der Waals surface area contributed by atoms with Crippen LogP contribution in [0.1, 0.15) is 40.0 Å². The molecule has 0 saturated carbocycles. The van der Waals surface area contributed by atoms with Crippen molar-refractivity contribution < 1.29 is 4.79 Å². The van der Waals surface area contributed by atoms with Crippen molar-refractivity contribution in [1.82, 2.24) is 15.1 Å². The van der Waals surface area contributed by atoms with E-state index in [2.05, 4.69) is 39.5 Å². The predicted molar refractivity (Wildman–Crippen MR) is 89.3 cm³/mol. The molecule has 1 amide bonds. The van der Waals surface area contributed by atoms with Gasteiger partial charge in [0.1, 0.15) is 0 Å². The topological polar surface area (TPSA) is 61.0 Å². The minimum Gasteiger partial charge on any atom is -0.322 e. The van der Waals surface area contributed by atoms with E-state index in [0.29, 0.717) is 12.6 Å². The zero-order valence-electron chi connectivity index (χ0n) is 13.3. The molecule has 0 spiro atoms. The molecule has 1 atom stereocenters.